The molecule has 2 saturated carbocycles. The molecule has 112 valence electrons. The van der Waals surface area contributed by atoms with Crippen LogP contribution in [-0.4, -0.2) is 30.6 Å². The van der Waals surface area contributed by atoms with E-state index in [4.69, 9.17) is 5.73 Å². The fourth-order valence-electron chi connectivity index (χ4n) is 4.08. The molecule has 0 aromatic rings. The summed E-state index contributed by atoms with van der Waals surface area (Å²) < 4.78 is 0. The third-order valence-corrected chi connectivity index (χ3v) is 5.98. The Hall–Kier alpha value is -0.0800. The van der Waals surface area contributed by atoms with Crippen molar-refractivity contribution in [3.8, 4) is 0 Å². The topological polar surface area (TPSA) is 29.3 Å². The van der Waals surface area contributed by atoms with Crippen LogP contribution in [0.2, 0.25) is 0 Å². The van der Waals surface area contributed by atoms with E-state index in [2.05, 4.69) is 25.8 Å². The first-order valence-electron chi connectivity index (χ1n) is 8.39. The first kappa shape index (κ1) is 15.3. The van der Waals surface area contributed by atoms with Crippen molar-refractivity contribution in [1.82, 2.24) is 4.90 Å². The van der Waals surface area contributed by atoms with Crippen LogP contribution in [0.25, 0.3) is 0 Å². The summed E-state index contributed by atoms with van der Waals surface area (Å²) in [7, 11) is 2.33. The van der Waals surface area contributed by atoms with Gasteiger partial charge >= 0.3 is 0 Å². The summed E-state index contributed by atoms with van der Waals surface area (Å²) in [6, 6.07) is 0. The van der Waals surface area contributed by atoms with Crippen LogP contribution in [0.4, 0.5) is 0 Å². The lowest BCUT2D eigenvalue weighted by atomic mass is 9.68. The molecular formula is C17H34N2. The largest absolute Gasteiger partial charge is 0.329 e. The molecule has 2 nitrogen and oxygen atoms in total. The van der Waals surface area contributed by atoms with Crippen molar-refractivity contribution in [2.45, 2.75) is 77.2 Å². The van der Waals surface area contributed by atoms with E-state index in [-0.39, 0.29) is 0 Å². The minimum atomic E-state index is 0.299. The SMILES string of the molecule is CN(CC1CCCCC1)C1(CN)CCC(C)(C)CC1. The van der Waals surface area contributed by atoms with Crippen molar-refractivity contribution >= 4 is 0 Å². The van der Waals surface area contributed by atoms with Gasteiger partial charge in [-0.25, -0.2) is 0 Å². The summed E-state index contributed by atoms with van der Waals surface area (Å²) in [5.41, 5.74) is 7.02. The van der Waals surface area contributed by atoms with Gasteiger partial charge in [0.2, 0.25) is 0 Å². The third-order valence-electron chi connectivity index (χ3n) is 5.98. The Morgan fingerprint density at radius 2 is 1.58 bits per heavy atom. The maximum atomic E-state index is 6.19. The van der Waals surface area contributed by atoms with E-state index >= 15 is 0 Å². The maximum absolute atomic E-state index is 6.19. The summed E-state index contributed by atoms with van der Waals surface area (Å²) in [5, 5.41) is 0. The van der Waals surface area contributed by atoms with Crippen molar-refractivity contribution in [3.05, 3.63) is 0 Å². The zero-order chi connectivity index (χ0) is 13.9. The Kier molecular flexibility index (Phi) is 4.94. The molecule has 0 aromatic heterocycles. The van der Waals surface area contributed by atoms with E-state index in [0.717, 1.165) is 12.5 Å². The third kappa shape index (κ3) is 3.72. The summed E-state index contributed by atoms with van der Waals surface area (Å²) in [4.78, 5) is 2.64. The molecule has 0 bridgehead atoms. The van der Waals surface area contributed by atoms with Crippen molar-refractivity contribution in [2.75, 3.05) is 20.1 Å². The van der Waals surface area contributed by atoms with Crippen LogP contribution < -0.4 is 5.73 Å². The summed E-state index contributed by atoms with van der Waals surface area (Å²) in [6.07, 6.45) is 12.5. The lowest BCUT2D eigenvalue weighted by Gasteiger charge is -2.49. The van der Waals surface area contributed by atoms with E-state index in [1.807, 2.05) is 0 Å². The molecule has 0 heterocycles. The van der Waals surface area contributed by atoms with Gasteiger partial charge in [0.15, 0.2) is 0 Å². The molecule has 0 atom stereocenters. The average Bonchev–Trinajstić information content (AvgIpc) is 2.40. The highest BCUT2D eigenvalue weighted by atomic mass is 15.2. The number of hydrogen-bond donors (Lipinski definition) is 1. The molecule has 2 aliphatic carbocycles. The van der Waals surface area contributed by atoms with Gasteiger partial charge in [0.25, 0.3) is 0 Å². The van der Waals surface area contributed by atoms with Crippen molar-refractivity contribution in [2.24, 2.45) is 17.1 Å². The fraction of sp³-hybridized carbons (Fsp3) is 1.00. The number of rotatable bonds is 4. The fourth-order valence-corrected chi connectivity index (χ4v) is 4.08. The van der Waals surface area contributed by atoms with Crippen molar-refractivity contribution in [3.63, 3.8) is 0 Å². The van der Waals surface area contributed by atoms with Crippen LogP contribution in [0.15, 0.2) is 0 Å². The molecule has 0 amide bonds. The van der Waals surface area contributed by atoms with E-state index in [0.29, 0.717) is 11.0 Å². The second-order valence-electron chi connectivity index (χ2n) is 7.98. The molecule has 19 heavy (non-hydrogen) atoms. The molecule has 0 aromatic carbocycles. The lowest BCUT2D eigenvalue weighted by Crippen LogP contribution is -2.56. The summed E-state index contributed by atoms with van der Waals surface area (Å²) >= 11 is 0. The van der Waals surface area contributed by atoms with E-state index in [1.54, 1.807) is 0 Å². The van der Waals surface area contributed by atoms with Gasteiger partial charge in [-0.3, -0.25) is 4.90 Å². The molecule has 0 radical (unpaired) electrons. The quantitative estimate of drug-likeness (QED) is 0.838. The van der Waals surface area contributed by atoms with Gasteiger partial charge in [0.1, 0.15) is 0 Å². The summed E-state index contributed by atoms with van der Waals surface area (Å²) in [6.45, 7) is 6.94. The molecular weight excluding hydrogens is 232 g/mol. The van der Waals surface area contributed by atoms with Crippen molar-refractivity contribution < 1.29 is 0 Å². The number of nitrogens with zero attached hydrogens (tertiary/aromatic N) is 1. The van der Waals surface area contributed by atoms with Gasteiger partial charge in [-0.1, -0.05) is 33.1 Å². The zero-order valence-corrected chi connectivity index (χ0v) is 13.4. The van der Waals surface area contributed by atoms with Gasteiger partial charge in [0.05, 0.1) is 0 Å². The van der Waals surface area contributed by atoms with E-state index in [9.17, 15) is 0 Å². The first-order chi connectivity index (χ1) is 8.97. The standard InChI is InChI=1S/C17H34N2/c1-16(2)9-11-17(14-18,12-10-16)19(3)13-15-7-5-4-6-8-15/h15H,4-14,18H2,1-3H3. The van der Waals surface area contributed by atoms with Crippen LogP contribution in [0.3, 0.4) is 0 Å². The number of likely N-dealkylation sites (N-methyl/N-ethyl adjacent to an activating group) is 1. The molecule has 2 aliphatic rings. The highest BCUT2D eigenvalue weighted by Crippen LogP contribution is 2.42. The maximum Gasteiger partial charge on any atom is 0.0329 e. The van der Waals surface area contributed by atoms with E-state index in [1.165, 1.54) is 64.3 Å². The first-order valence-corrected chi connectivity index (χ1v) is 8.39. The lowest BCUT2D eigenvalue weighted by molar-refractivity contribution is 0.0276. The predicted molar refractivity (Wildman–Crippen MR) is 83.2 cm³/mol. The van der Waals surface area contributed by atoms with Crippen LogP contribution in [0.5, 0.6) is 0 Å². The predicted octanol–water partition coefficient (Wildman–Crippen LogP) is 3.80. The molecule has 2 heteroatoms. The molecule has 2 rings (SSSR count). The number of hydrogen-bond acceptors (Lipinski definition) is 2. The smallest absolute Gasteiger partial charge is 0.0329 e. The van der Waals surface area contributed by atoms with Gasteiger partial charge in [-0.05, 0) is 56.9 Å². The Morgan fingerprint density at radius 3 is 2.11 bits per heavy atom. The Bertz CT molecular complexity index is 269. The van der Waals surface area contributed by atoms with Crippen LogP contribution in [0.1, 0.15) is 71.6 Å². The van der Waals surface area contributed by atoms with Crippen LogP contribution in [-0.2, 0) is 0 Å². The molecule has 2 fully saturated rings. The Balaban J connectivity index is 1.92. The van der Waals surface area contributed by atoms with Gasteiger partial charge in [0, 0.05) is 18.6 Å². The minimum absolute atomic E-state index is 0.299. The highest BCUT2D eigenvalue weighted by molar-refractivity contribution is 4.97. The van der Waals surface area contributed by atoms with Gasteiger partial charge in [-0.15, -0.1) is 0 Å². The summed E-state index contributed by atoms with van der Waals surface area (Å²) in [5.74, 6) is 0.928. The molecule has 2 N–H and O–H groups in total. The molecule has 0 saturated heterocycles. The molecule has 0 aliphatic heterocycles. The normalized spacial score (nSPS) is 27.6. The number of nitrogens with two attached hydrogens (primary N) is 1. The monoisotopic (exact) mass is 266 g/mol. The Morgan fingerprint density at radius 1 is 1.00 bits per heavy atom. The molecule has 0 unspecified atom stereocenters. The van der Waals surface area contributed by atoms with Crippen molar-refractivity contribution in [1.29, 1.82) is 0 Å². The minimum Gasteiger partial charge on any atom is -0.329 e. The average molecular weight is 266 g/mol. The van der Waals surface area contributed by atoms with Gasteiger partial charge in [-0.2, -0.15) is 0 Å². The second kappa shape index (κ2) is 6.13. The molecule has 0 spiro atoms. The zero-order valence-electron chi connectivity index (χ0n) is 13.4. The van der Waals surface area contributed by atoms with Crippen LogP contribution in [0, 0.1) is 11.3 Å². The second-order valence-corrected chi connectivity index (χ2v) is 7.98. The van der Waals surface area contributed by atoms with E-state index < -0.39 is 0 Å². The Labute approximate surface area is 120 Å². The highest BCUT2D eigenvalue weighted by Gasteiger charge is 2.40. The van der Waals surface area contributed by atoms with Crippen LogP contribution >= 0.6 is 0 Å². The van der Waals surface area contributed by atoms with Gasteiger partial charge < -0.3 is 5.73 Å².